The molecule has 1 saturated heterocycles. The van der Waals surface area contributed by atoms with Crippen LogP contribution in [0.2, 0.25) is 0 Å². The van der Waals surface area contributed by atoms with E-state index in [1.54, 1.807) is 6.07 Å². The summed E-state index contributed by atoms with van der Waals surface area (Å²) in [7, 11) is 2.46. The molecular weight excluding hydrogens is 460 g/mol. The molecule has 1 aliphatic rings. The number of methoxy groups -OCH3 is 2. The summed E-state index contributed by atoms with van der Waals surface area (Å²) in [5.74, 6) is -0.787. The zero-order chi connectivity index (χ0) is 21.7. The summed E-state index contributed by atoms with van der Waals surface area (Å²) in [6.45, 7) is 2.35. The molecule has 1 aliphatic heterocycles. The van der Waals surface area contributed by atoms with Crippen molar-refractivity contribution in [2.75, 3.05) is 45.4 Å². The number of hydrogen-bond donors (Lipinski definition) is 0. The summed E-state index contributed by atoms with van der Waals surface area (Å²) in [5, 5.41) is 3.62. The fourth-order valence-electron chi connectivity index (χ4n) is 2.98. The Morgan fingerprint density at radius 3 is 2.50 bits per heavy atom. The van der Waals surface area contributed by atoms with Crippen LogP contribution in [0.3, 0.4) is 0 Å². The number of carbonyl (C=O) groups is 2. The van der Waals surface area contributed by atoms with Crippen molar-refractivity contribution >= 4 is 39.4 Å². The lowest BCUT2D eigenvalue weighted by Crippen LogP contribution is -2.36. The Morgan fingerprint density at radius 1 is 1.20 bits per heavy atom. The molecule has 0 spiro atoms. The number of rotatable bonds is 5. The number of nitrogens with zero attached hydrogens (tertiary/aromatic N) is 6. The van der Waals surface area contributed by atoms with E-state index in [9.17, 15) is 9.59 Å². The van der Waals surface area contributed by atoms with Crippen LogP contribution in [0.5, 0.6) is 0 Å². The van der Waals surface area contributed by atoms with Gasteiger partial charge in [0, 0.05) is 29.8 Å². The van der Waals surface area contributed by atoms with Crippen molar-refractivity contribution in [3.63, 3.8) is 0 Å². The van der Waals surface area contributed by atoms with Crippen LogP contribution in [0, 0.1) is 0 Å². The first-order valence-electron chi connectivity index (χ1n) is 8.75. The Morgan fingerprint density at radius 2 is 1.87 bits per heavy atom. The van der Waals surface area contributed by atoms with Crippen LogP contribution in [0.25, 0.3) is 21.7 Å². The molecule has 11 nitrogen and oxygen atoms in total. The summed E-state index contributed by atoms with van der Waals surface area (Å²) in [4.78, 5) is 38.3. The summed E-state index contributed by atoms with van der Waals surface area (Å²) in [6.07, 6.45) is 1.43. The predicted molar refractivity (Wildman–Crippen MR) is 110 cm³/mol. The largest absolute Gasteiger partial charge is 0.465 e. The van der Waals surface area contributed by atoms with Gasteiger partial charge >= 0.3 is 11.9 Å². The molecule has 156 valence electrons. The van der Waals surface area contributed by atoms with E-state index in [0.717, 1.165) is 0 Å². The Kier molecular flexibility index (Phi) is 6.83. The number of morpholine rings is 1. The second-order valence-electron chi connectivity index (χ2n) is 6.05. The third-order valence-electron chi connectivity index (χ3n) is 4.40. The fraction of sp³-hybridized carbons (Fsp3) is 0.333. The lowest BCUT2D eigenvalue weighted by atomic mass is 10.0. The minimum atomic E-state index is -0.723. The van der Waals surface area contributed by atoms with E-state index in [1.807, 2.05) is 4.90 Å². The van der Waals surface area contributed by atoms with E-state index in [0.29, 0.717) is 32.1 Å². The van der Waals surface area contributed by atoms with Gasteiger partial charge in [-0.25, -0.2) is 19.6 Å². The lowest BCUT2D eigenvalue weighted by molar-refractivity contribution is 0.0593. The van der Waals surface area contributed by atoms with Crippen LogP contribution in [0.15, 0.2) is 28.0 Å². The standard InChI is InChI=1S/C18H17BrN6O5/c1-28-17(26)10-8-14(25-3-5-30-6-4-25)21-9-12(10)15-16(23-24-20)11(18(27)29-2)7-13(19)22-15/h7-9H,3-6H2,1-2H3. The van der Waals surface area contributed by atoms with Gasteiger partial charge in [-0.05, 0) is 33.6 Å². The number of pyridine rings is 2. The van der Waals surface area contributed by atoms with Crippen molar-refractivity contribution < 1.29 is 23.8 Å². The van der Waals surface area contributed by atoms with E-state index in [1.165, 1.54) is 26.5 Å². The predicted octanol–water partition coefficient (Wildman–Crippen LogP) is 3.26. The second-order valence-corrected chi connectivity index (χ2v) is 6.86. The molecule has 0 aliphatic carbocycles. The van der Waals surface area contributed by atoms with Crippen LogP contribution in [0.1, 0.15) is 20.7 Å². The van der Waals surface area contributed by atoms with Gasteiger partial charge in [-0.15, -0.1) is 0 Å². The SMILES string of the molecule is COC(=O)c1cc(N2CCOCC2)ncc1-c1nc(Br)cc(C(=O)OC)c1N=[N+]=[N-]. The summed E-state index contributed by atoms with van der Waals surface area (Å²) in [6, 6.07) is 2.94. The fourth-order valence-corrected chi connectivity index (χ4v) is 3.39. The summed E-state index contributed by atoms with van der Waals surface area (Å²) < 4.78 is 15.3. The molecular formula is C18H17BrN6O5. The molecule has 12 heteroatoms. The zero-order valence-electron chi connectivity index (χ0n) is 16.2. The van der Waals surface area contributed by atoms with Gasteiger partial charge < -0.3 is 19.1 Å². The quantitative estimate of drug-likeness (QED) is 0.210. The molecule has 0 bridgehead atoms. The molecule has 0 unspecified atom stereocenters. The molecule has 0 aromatic carbocycles. The lowest BCUT2D eigenvalue weighted by Gasteiger charge is -2.28. The number of carbonyl (C=O) groups excluding carboxylic acids is 2. The van der Waals surface area contributed by atoms with Crippen molar-refractivity contribution in [1.29, 1.82) is 0 Å². The molecule has 0 amide bonds. The zero-order valence-corrected chi connectivity index (χ0v) is 17.7. The Hall–Kier alpha value is -3.21. The van der Waals surface area contributed by atoms with Gasteiger partial charge in [0.15, 0.2) is 0 Å². The number of halogens is 1. The van der Waals surface area contributed by atoms with Gasteiger partial charge in [0.05, 0.1) is 49.9 Å². The molecule has 2 aromatic heterocycles. The van der Waals surface area contributed by atoms with Gasteiger partial charge in [-0.3, -0.25) is 0 Å². The number of aromatic nitrogens is 2. The van der Waals surface area contributed by atoms with Crippen molar-refractivity contribution in [1.82, 2.24) is 9.97 Å². The maximum absolute atomic E-state index is 12.5. The molecule has 0 atom stereocenters. The highest BCUT2D eigenvalue weighted by molar-refractivity contribution is 9.10. The maximum atomic E-state index is 12.5. The number of azide groups is 1. The average molecular weight is 477 g/mol. The van der Waals surface area contributed by atoms with E-state index in [4.69, 9.17) is 19.7 Å². The average Bonchev–Trinajstić information content (AvgIpc) is 2.79. The number of esters is 2. The first-order valence-corrected chi connectivity index (χ1v) is 9.54. The number of ether oxygens (including phenoxy) is 3. The molecule has 30 heavy (non-hydrogen) atoms. The molecule has 2 aromatic rings. The van der Waals surface area contributed by atoms with Crippen LogP contribution in [-0.2, 0) is 14.2 Å². The Labute approximate surface area is 179 Å². The van der Waals surface area contributed by atoms with Gasteiger partial charge in [0.1, 0.15) is 10.4 Å². The van der Waals surface area contributed by atoms with E-state index in [2.05, 4.69) is 35.9 Å². The Bertz CT molecular complexity index is 1030. The molecule has 3 heterocycles. The minimum Gasteiger partial charge on any atom is -0.465 e. The molecule has 0 N–H and O–H groups in total. The van der Waals surface area contributed by atoms with E-state index < -0.39 is 11.9 Å². The second kappa shape index (κ2) is 9.53. The van der Waals surface area contributed by atoms with Crippen molar-refractivity contribution in [2.45, 2.75) is 0 Å². The molecule has 0 saturated carbocycles. The number of hydrogen-bond acceptors (Lipinski definition) is 9. The third kappa shape index (κ3) is 4.35. The normalized spacial score (nSPS) is 13.4. The van der Waals surface area contributed by atoms with E-state index in [-0.39, 0.29) is 32.7 Å². The molecule has 1 fully saturated rings. The van der Waals surface area contributed by atoms with Crippen LogP contribution in [-0.4, -0.2) is 62.4 Å². The van der Waals surface area contributed by atoms with Gasteiger partial charge in [0.2, 0.25) is 0 Å². The molecule has 3 rings (SSSR count). The highest BCUT2D eigenvalue weighted by Gasteiger charge is 2.25. The van der Waals surface area contributed by atoms with Crippen LogP contribution < -0.4 is 4.90 Å². The smallest absolute Gasteiger partial charge is 0.338 e. The first kappa shape index (κ1) is 21.5. The van der Waals surface area contributed by atoms with Gasteiger partial charge in [-0.2, -0.15) is 0 Å². The van der Waals surface area contributed by atoms with Gasteiger partial charge in [-0.1, -0.05) is 5.11 Å². The van der Waals surface area contributed by atoms with Crippen molar-refractivity contribution in [2.24, 2.45) is 5.11 Å². The highest BCUT2D eigenvalue weighted by atomic mass is 79.9. The molecule has 0 radical (unpaired) electrons. The van der Waals surface area contributed by atoms with Crippen molar-refractivity contribution in [3.05, 3.63) is 44.5 Å². The van der Waals surface area contributed by atoms with Crippen LogP contribution >= 0.6 is 15.9 Å². The first-order chi connectivity index (χ1) is 14.5. The topological polar surface area (TPSA) is 140 Å². The Balaban J connectivity index is 2.23. The minimum absolute atomic E-state index is 0.0137. The number of anilines is 1. The van der Waals surface area contributed by atoms with Gasteiger partial charge in [0.25, 0.3) is 0 Å². The van der Waals surface area contributed by atoms with Crippen LogP contribution in [0.4, 0.5) is 11.5 Å². The third-order valence-corrected chi connectivity index (χ3v) is 4.80. The monoisotopic (exact) mass is 476 g/mol. The van der Waals surface area contributed by atoms with Crippen molar-refractivity contribution in [3.8, 4) is 11.3 Å². The maximum Gasteiger partial charge on any atom is 0.338 e. The van der Waals surface area contributed by atoms with E-state index >= 15 is 0 Å². The summed E-state index contributed by atoms with van der Waals surface area (Å²) in [5.41, 5.74) is 9.41. The highest BCUT2D eigenvalue weighted by Crippen LogP contribution is 2.37. The summed E-state index contributed by atoms with van der Waals surface area (Å²) >= 11 is 3.24.